The van der Waals surface area contributed by atoms with E-state index in [2.05, 4.69) is 20.1 Å². The van der Waals surface area contributed by atoms with Gasteiger partial charge in [0.15, 0.2) is 0 Å². The minimum Gasteiger partial charge on any atom is -0.336 e. The molecule has 5 nitrogen and oxygen atoms in total. The molecule has 1 fully saturated rings. The lowest BCUT2D eigenvalue weighted by Crippen LogP contribution is -2.42. The summed E-state index contributed by atoms with van der Waals surface area (Å²) in [5.41, 5.74) is 7.37. The Morgan fingerprint density at radius 2 is 1.95 bits per heavy atom. The lowest BCUT2D eigenvalue weighted by atomic mass is 9.91. The van der Waals surface area contributed by atoms with Crippen LogP contribution in [-0.4, -0.2) is 34.3 Å². The molecule has 0 bridgehead atoms. The van der Waals surface area contributed by atoms with E-state index in [-0.39, 0.29) is 0 Å². The maximum absolute atomic E-state index is 5.62. The number of hydrogen-bond acceptors (Lipinski definition) is 5. The van der Waals surface area contributed by atoms with Gasteiger partial charge in [0.2, 0.25) is 5.95 Å². The molecule has 0 amide bonds. The van der Waals surface area contributed by atoms with E-state index in [0.29, 0.717) is 12.6 Å². The summed E-state index contributed by atoms with van der Waals surface area (Å²) >= 11 is 0. The van der Waals surface area contributed by atoms with Crippen LogP contribution in [-0.2, 0) is 0 Å². The second kappa shape index (κ2) is 5.48. The molecule has 0 atom stereocenters. The molecule has 0 radical (unpaired) electrons. The van der Waals surface area contributed by atoms with Crippen molar-refractivity contribution >= 4 is 17.0 Å². The van der Waals surface area contributed by atoms with Crippen molar-refractivity contribution in [2.24, 2.45) is 5.73 Å². The highest BCUT2D eigenvalue weighted by molar-refractivity contribution is 5.74. The number of hydrogen-bond donors (Lipinski definition) is 1. The highest BCUT2D eigenvalue weighted by Crippen LogP contribution is 2.27. The zero-order valence-corrected chi connectivity index (χ0v) is 11.0. The SMILES string of the molecule is NCCCN(c1nnc2ccccc2n1)C1CCC1. The summed E-state index contributed by atoms with van der Waals surface area (Å²) in [5.74, 6) is 0.747. The molecule has 0 aliphatic heterocycles. The van der Waals surface area contributed by atoms with Gasteiger partial charge in [0.1, 0.15) is 5.52 Å². The van der Waals surface area contributed by atoms with Gasteiger partial charge in [0.25, 0.3) is 0 Å². The highest BCUT2D eigenvalue weighted by Gasteiger charge is 2.26. The Bertz CT molecular complexity index is 552. The molecule has 1 saturated carbocycles. The van der Waals surface area contributed by atoms with Crippen LogP contribution in [0, 0.1) is 0 Å². The van der Waals surface area contributed by atoms with E-state index >= 15 is 0 Å². The highest BCUT2D eigenvalue weighted by atomic mass is 15.3. The van der Waals surface area contributed by atoms with Crippen LogP contribution in [0.3, 0.4) is 0 Å². The predicted molar refractivity (Wildman–Crippen MR) is 76.0 cm³/mol. The van der Waals surface area contributed by atoms with Crippen LogP contribution in [0.5, 0.6) is 0 Å². The Kier molecular flexibility index (Phi) is 3.55. The van der Waals surface area contributed by atoms with Gasteiger partial charge in [-0.1, -0.05) is 12.1 Å². The molecule has 1 aliphatic carbocycles. The Hall–Kier alpha value is -1.75. The largest absolute Gasteiger partial charge is 0.336 e. The number of para-hydroxylation sites is 1. The maximum Gasteiger partial charge on any atom is 0.246 e. The van der Waals surface area contributed by atoms with Gasteiger partial charge < -0.3 is 10.6 Å². The van der Waals surface area contributed by atoms with Gasteiger partial charge >= 0.3 is 0 Å². The molecular weight excluding hydrogens is 238 g/mol. The number of nitrogens with two attached hydrogens (primary N) is 1. The Morgan fingerprint density at radius 1 is 1.16 bits per heavy atom. The predicted octanol–water partition coefficient (Wildman–Crippen LogP) is 1.73. The van der Waals surface area contributed by atoms with E-state index in [1.54, 1.807) is 0 Å². The fourth-order valence-electron chi connectivity index (χ4n) is 2.40. The fourth-order valence-corrected chi connectivity index (χ4v) is 2.40. The quantitative estimate of drug-likeness (QED) is 0.883. The van der Waals surface area contributed by atoms with Gasteiger partial charge in [0, 0.05) is 12.6 Å². The molecule has 0 unspecified atom stereocenters. The van der Waals surface area contributed by atoms with Crippen molar-refractivity contribution in [3.05, 3.63) is 24.3 Å². The van der Waals surface area contributed by atoms with Gasteiger partial charge in [0.05, 0.1) is 5.52 Å². The molecule has 1 aromatic carbocycles. The minimum atomic E-state index is 0.564. The van der Waals surface area contributed by atoms with Crippen molar-refractivity contribution < 1.29 is 0 Å². The first-order chi connectivity index (χ1) is 9.38. The lowest BCUT2D eigenvalue weighted by Gasteiger charge is -2.37. The summed E-state index contributed by atoms with van der Waals surface area (Å²) in [7, 11) is 0. The van der Waals surface area contributed by atoms with Crippen LogP contribution in [0.2, 0.25) is 0 Å². The van der Waals surface area contributed by atoms with Crippen LogP contribution in [0.15, 0.2) is 24.3 Å². The van der Waals surface area contributed by atoms with Gasteiger partial charge in [-0.25, -0.2) is 4.98 Å². The van der Waals surface area contributed by atoms with Gasteiger partial charge in [-0.05, 0) is 44.4 Å². The third-order valence-electron chi connectivity index (χ3n) is 3.72. The van der Waals surface area contributed by atoms with Gasteiger partial charge in [-0.2, -0.15) is 0 Å². The number of benzene rings is 1. The summed E-state index contributed by atoms with van der Waals surface area (Å²) in [6.07, 6.45) is 4.71. The van der Waals surface area contributed by atoms with E-state index in [4.69, 9.17) is 5.73 Å². The van der Waals surface area contributed by atoms with E-state index < -0.39 is 0 Å². The van der Waals surface area contributed by atoms with Crippen LogP contribution in [0.1, 0.15) is 25.7 Å². The first-order valence-corrected chi connectivity index (χ1v) is 6.94. The summed E-state index contributed by atoms with van der Waals surface area (Å²) in [6.45, 7) is 1.62. The number of rotatable bonds is 5. The first-order valence-electron chi connectivity index (χ1n) is 6.94. The zero-order chi connectivity index (χ0) is 13.1. The maximum atomic E-state index is 5.62. The zero-order valence-electron chi connectivity index (χ0n) is 11.0. The molecule has 100 valence electrons. The van der Waals surface area contributed by atoms with E-state index in [0.717, 1.165) is 29.9 Å². The van der Waals surface area contributed by atoms with Crippen LogP contribution in [0.25, 0.3) is 11.0 Å². The first kappa shape index (κ1) is 12.3. The standard InChI is InChI=1S/C14H19N5/c15-9-4-10-19(11-5-3-6-11)14-16-12-7-1-2-8-13(12)17-18-14/h1-2,7-8,11H,3-6,9-10,15H2. The van der Waals surface area contributed by atoms with Crippen molar-refractivity contribution in [3.8, 4) is 0 Å². The Balaban J connectivity index is 1.89. The number of nitrogens with zero attached hydrogens (tertiary/aromatic N) is 4. The molecule has 0 spiro atoms. The summed E-state index contributed by atoms with van der Waals surface area (Å²) < 4.78 is 0. The summed E-state index contributed by atoms with van der Waals surface area (Å²) in [4.78, 5) is 6.92. The second-order valence-electron chi connectivity index (χ2n) is 5.02. The molecule has 2 aromatic rings. The Labute approximate surface area is 112 Å². The van der Waals surface area contributed by atoms with Crippen molar-refractivity contribution in [2.45, 2.75) is 31.7 Å². The summed E-state index contributed by atoms with van der Waals surface area (Å²) in [5, 5.41) is 8.55. The molecule has 2 N–H and O–H groups in total. The molecule has 0 saturated heterocycles. The average molecular weight is 257 g/mol. The molecule has 1 aliphatic rings. The number of anilines is 1. The third-order valence-corrected chi connectivity index (χ3v) is 3.72. The smallest absolute Gasteiger partial charge is 0.246 e. The van der Waals surface area contributed by atoms with E-state index in [1.807, 2.05) is 24.3 Å². The van der Waals surface area contributed by atoms with Gasteiger partial charge in [-0.3, -0.25) is 0 Å². The van der Waals surface area contributed by atoms with Gasteiger partial charge in [-0.15, -0.1) is 10.2 Å². The van der Waals surface area contributed by atoms with Crippen molar-refractivity contribution in [1.82, 2.24) is 15.2 Å². The lowest BCUT2D eigenvalue weighted by molar-refractivity contribution is 0.380. The Morgan fingerprint density at radius 3 is 2.63 bits per heavy atom. The van der Waals surface area contributed by atoms with Crippen molar-refractivity contribution in [2.75, 3.05) is 18.0 Å². The molecule has 3 rings (SSSR count). The minimum absolute atomic E-state index is 0.564. The second-order valence-corrected chi connectivity index (χ2v) is 5.02. The third kappa shape index (κ3) is 2.51. The summed E-state index contributed by atoms with van der Waals surface area (Å²) in [6, 6.07) is 8.42. The van der Waals surface area contributed by atoms with Crippen molar-refractivity contribution in [1.29, 1.82) is 0 Å². The van der Waals surface area contributed by atoms with Crippen LogP contribution < -0.4 is 10.6 Å². The van der Waals surface area contributed by atoms with Crippen molar-refractivity contribution in [3.63, 3.8) is 0 Å². The van der Waals surface area contributed by atoms with Crippen LogP contribution >= 0.6 is 0 Å². The normalized spacial score (nSPS) is 15.4. The molecular formula is C14H19N5. The molecule has 1 aromatic heterocycles. The molecule has 5 heteroatoms. The van der Waals surface area contributed by atoms with E-state index in [9.17, 15) is 0 Å². The fraction of sp³-hybridized carbons (Fsp3) is 0.500. The number of fused-ring (bicyclic) bond motifs is 1. The molecule has 19 heavy (non-hydrogen) atoms. The average Bonchev–Trinajstić information content (AvgIpc) is 2.40. The topological polar surface area (TPSA) is 67.9 Å². The number of aromatic nitrogens is 3. The monoisotopic (exact) mass is 257 g/mol. The van der Waals surface area contributed by atoms with Crippen LogP contribution in [0.4, 0.5) is 5.95 Å². The molecule has 1 heterocycles. The van der Waals surface area contributed by atoms with E-state index in [1.165, 1.54) is 19.3 Å².